The fourth-order valence-corrected chi connectivity index (χ4v) is 3.52. The fourth-order valence-electron chi connectivity index (χ4n) is 3.28. The third kappa shape index (κ3) is 6.96. The van der Waals surface area contributed by atoms with Gasteiger partial charge >= 0.3 is 5.97 Å². The van der Waals surface area contributed by atoms with Crippen LogP contribution in [0.3, 0.4) is 0 Å². The summed E-state index contributed by atoms with van der Waals surface area (Å²) in [6, 6.07) is 3.66. The van der Waals surface area contributed by atoms with Crippen molar-refractivity contribution in [2.24, 2.45) is 11.7 Å². The number of benzene rings is 1. The lowest BCUT2D eigenvalue weighted by molar-refractivity contribution is -0.141. The van der Waals surface area contributed by atoms with Crippen LogP contribution in [0.4, 0.5) is 0 Å². The van der Waals surface area contributed by atoms with Crippen molar-refractivity contribution in [3.8, 4) is 0 Å². The van der Waals surface area contributed by atoms with E-state index in [1.165, 1.54) is 6.92 Å². The number of hydrogen-bond acceptors (Lipinski definition) is 6. The summed E-state index contributed by atoms with van der Waals surface area (Å²) in [6.45, 7) is 4.93. The summed E-state index contributed by atoms with van der Waals surface area (Å²) in [5.74, 6) is -3.34. The quantitative estimate of drug-likeness (QED) is 0.228. The van der Waals surface area contributed by atoms with Crippen molar-refractivity contribution in [3.63, 3.8) is 0 Å². The van der Waals surface area contributed by atoms with Gasteiger partial charge in [0.1, 0.15) is 18.1 Å². The fraction of sp³-hybridized carbons (Fsp3) is 0.455. The summed E-state index contributed by atoms with van der Waals surface area (Å²) in [5, 5.41) is 17.5. The highest BCUT2D eigenvalue weighted by Gasteiger charge is 2.30. The van der Waals surface area contributed by atoms with Crippen LogP contribution >= 0.6 is 12.6 Å². The van der Waals surface area contributed by atoms with Crippen LogP contribution in [-0.4, -0.2) is 63.7 Å². The molecule has 4 atom stereocenters. The van der Waals surface area contributed by atoms with Gasteiger partial charge in [0.25, 0.3) is 0 Å². The van der Waals surface area contributed by atoms with Crippen LogP contribution < -0.4 is 21.7 Å². The van der Waals surface area contributed by atoms with E-state index in [9.17, 15) is 19.2 Å². The Morgan fingerprint density at radius 1 is 1.03 bits per heavy atom. The molecule has 2 aromatic rings. The molecule has 0 radical (unpaired) electrons. The lowest BCUT2D eigenvalue weighted by atomic mass is 10.0. The molecule has 0 aliphatic carbocycles. The predicted octanol–water partition coefficient (Wildman–Crippen LogP) is 0.182. The second kappa shape index (κ2) is 11.7. The summed E-state index contributed by atoms with van der Waals surface area (Å²) < 4.78 is 0. The van der Waals surface area contributed by atoms with E-state index >= 15 is 0 Å². The first-order chi connectivity index (χ1) is 15.5. The van der Waals surface area contributed by atoms with Gasteiger partial charge in [-0.05, 0) is 30.9 Å². The molecule has 4 unspecified atom stereocenters. The van der Waals surface area contributed by atoms with Crippen LogP contribution in [0.5, 0.6) is 0 Å². The Hall–Kier alpha value is -3.05. The number of para-hydroxylation sites is 1. The van der Waals surface area contributed by atoms with Gasteiger partial charge in [-0.1, -0.05) is 32.0 Å². The number of thiol groups is 1. The number of aromatic nitrogens is 1. The number of carbonyl (C=O) groups is 4. The number of aromatic amines is 1. The van der Waals surface area contributed by atoms with Gasteiger partial charge in [0.05, 0.1) is 6.04 Å². The molecule has 2 rings (SSSR count). The number of fused-ring (bicyclic) bond motifs is 1. The summed E-state index contributed by atoms with van der Waals surface area (Å²) in [6.07, 6.45) is 2.08. The second-order valence-electron chi connectivity index (χ2n) is 8.21. The van der Waals surface area contributed by atoms with E-state index in [-0.39, 0.29) is 18.1 Å². The highest BCUT2D eigenvalue weighted by atomic mass is 32.1. The Kier molecular flexibility index (Phi) is 9.30. The average molecular weight is 478 g/mol. The molecule has 3 amide bonds. The molecule has 11 heteroatoms. The van der Waals surface area contributed by atoms with Crippen LogP contribution in [0.25, 0.3) is 10.9 Å². The molecule has 33 heavy (non-hydrogen) atoms. The number of nitrogens with one attached hydrogen (secondary N) is 4. The lowest BCUT2D eigenvalue weighted by Crippen LogP contribution is -2.58. The normalized spacial score (nSPS) is 14.8. The van der Waals surface area contributed by atoms with Crippen molar-refractivity contribution >= 4 is 47.2 Å². The molecule has 0 bridgehead atoms. The minimum absolute atomic E-state index is 0.0965. The minimum atomic E-state index is -1.23. The number of amides is 3. The monoisotopic (exact) mass is 477 g/mol. The third-order valence-corrected chi connectivity index (χ3v) is 5.61. The van der Waals surface area contributed by atoms with Crippen molar-refractivity contribution < 1.29 is 24.3 Å². The van der Waals surface area contributed by atoms with Gasteiger partial charge in [-0.15, -0.1) is 0 Å². The minimum Gasteiger partial charge on any atom is -0.480 e. The Morgan fingerprint density at radius 3 is 2.30 bits per heavy atom. The molecule has 1 heterocycles. The third-order valence-electron chi connectivity index (χ3n) is 5.25. The number of carbonyl (C=O) groups excluding carboxylic acids is 3. The Balaban J connectivity index is 1.99. The summed E-state index contributed by atoms with van der Waals surface area (Å²) in [4.78, 5) is 51.9. The molecule has 0 saturated heterocycles. The van der Waals surface area contributed by atoms with Gasteiger partial charge in [-0.3, -0.25) is 14.4 Å². The van der Waals surface area contributed by atoms with Gasteiger partial charge in [-0.2, -0.15) is 12.6 Å². The zero-order valence-electron chi connectivity index (χ0n) is 18.8. The number of rotatable bonds is 11. The lowest BCUT2D eigenvalue weighted by Gasteiger charge is -2.25. The van der Waals surface area contributed by atoms with Gasteiger partial charge in [0.15, 0.2) is 0 Å². The topological polar surface area (TPSA) is 166 Å². The Morgan fingerprint density at radius 2 is 1.70 bits per heavy atom. The number of H-pyrrole nitrogens is 1. The molecule has 0 saturated carbocycles. The van der Waals surface area contributed by atoms with E-state index in [2.05, 4.69) is 33.6 Å². The molecule has 0 aliphatic heterocycles. The van der Waals surface area contributed by atoms with E-state index in [1.807, 2.05) is 24.3 Å². The molecule has 0 spiro atoms. The van der Waals surface area contributed by atoms with Crippen LogP contribution in [-0.2, 0) is 25.6 Å². The van der Waals surface area contributed by atoms with Crippen molar-refractivity contribution in [3.05, 3.63) is 36.0 Å². The van der Waals surface area contributed by atoms with Gasteiger partial charge < -0.3 is 31.8 Å². The second-order valence-corrected chi connectivity index (χ2v) is 8.58. The highest BCUT2D eigenvalue weighted by molar-refractivity contribution is 7.80. The molecular formula is C22H31N5O5S. The first-order valence-electron chi connectivity index (χ1n) is 10.6. The van der Waals surface area contributed by atoms with Crippen LogP contribution in [0.1, 0.15) is 26.3 Å². The van der Waals surface area contributed by atoms with Crippen molar-refractivity contribution in [2.75, 3.05) is 5.75 Å². The number of nitrogens with two attached hydrogens (primary N) is 1. The zero-order chi connectivity index (χ0) is 24.7. The van der Waals surface area contributed by atoms with Crippen LogP contribution in [0, 0.1) is 5.92 Å². The van der Waals surface area contributed by atoms with Crippen molar-refractivity contribution in [1.29, 1.82) is 0 Å². The summed E-state index contributed by atoms with van der Waals surface area (Å²) >= 11 is 3.89. The number of carboxylic acids is 1. The Labute approximate surface area is 197 Å². The average Bonchev–Trinajstić information content (AvgIpc) is 3.17. The van der Waals surface area contributed by atoms with E-state index in [4.69, 9.17) is 10.8 Å². The first-order valence-corrected chi connectivity index (χ1v) is 11.2. The molecule has 10 nitrogen and oxygen atoms in total. The molecule has 1 aromatic carbocycles. The predicted molar refractivity (Wildman–Crippen MR) is 128 cm³/mol. The van der Waals surface area contributed by atoms with Gasteiger partial charge in [-0.25, -0.2) is 4.79 Å². The summed E-state index contributed by atoms with van der Waals surface area (Å²) in [7, 11) is 0. The SMILES string of the molecule is CC(NC(=O)C(NC(=O)C(N)Cc1c[nH]c2ccccc12)C(C)C)C(=O)NC(CS)C(=O)O. The number of aliphatic carboxylic acids is 1. The van der Waals surface area contributed by atoms with Crippen molar-refractivity contribution in [1.82, 2.24) is 20.9 Å². The molecule has 0 aliphatic rings. The van der Waals surface area contributed by atoms with E-state index in [1.54, 1.807) is 20.0 Å². The first kappa shape index (κ1) is 26.2. The maximum atomic E-state index is 12.8. The molecule has 180 valence electrons. The molecule has 0 fully saturated rings. The summed E-state index contributed by atoms with van der Waals surface area (Å²) in [5.41, 5.74) is 7.94. The Bertz CT molecular complexity index is 1010. The highest BCUT2D eigenvalue weighted by Crippen LogP contribution is 2.18. The standard InChI is InChI=1S/C22H31N5O5S/c1-11(2)18(21(30)25-12(3)19(28)26-17(10-33)22(31)32)27-20(29)15(23)8-13-9-24-16-7-5-4-6-14(13)16/h4-7,9,11-12,15,17-18,24,33H,8,10,23H2,1-3H3,(H,25,30)(H,26,28)(H,27,29)(H,31,32). The van der Waals surface area contributed by atoms with E-state index in [0.717, 1.165) is 16.5 Å². The smallest absolute Gasteiger partial charge is 0.327 e. The maximum Gasteiger partial charge on any atom is 0.327 e. The zero-order valence-corrected chi connectivity index (χ0v) is 19.7. The molecule has 1 aromatic heterocycles. The van der Waals surface area contributed by atoms with E-state index < -0.39 is 47.9 Å². The van der Waals surface area contributed by atoms with E-state index in [0.29, 0.717) is 0 Å². The van der Waals surface area contributed by atoms with Gasteiger partial charge in [0.2, 0.25) is 17.7 Å². The van der Waals surface area contributed by atoms with Crippen LogP contribution in [0.2, 0.25) is 0 Å². The number of hydrogen-bond donors (Lipinski definition) is 7. The number of carboxylic acid groups (broad SMARTS) is 1. The molecule has 7 N–H and O–H groups in total. The van der Waals surface area contributed by atoms with Crippen molar-refractivity contribution in [2.45, 2.75) is 51.4 Å². The maximum absolute atomic E-state index is 12.8. The molecular weight excluding hydrogens is 446 g/mol. The largest absolute Gasteiger partial charge is 0.480 e. The van der Waals surface area contributed by atoms with Gasteiger partial charge in [0, 0.05) is 22.9 Å². The van der Waals surface area contributed by atoms with Crippen LogP contribution in [0.15, 0.2) is 30.5 Å².